The number of aliphatic hydroxyl groups excluding tert-OH is 1. The number of halogens is 5. The third-order valence-corrected chi connectivity index (χ3v) is 6.98. The Kier molecular flexibility index (Phi) is 7.00. The molecule has 3 aromatic rings. The third-order valence-electron chi connectivity index (χ3n) is 6.98. The lowest BCUT2D eigenvalue weighted by molar-refractivity contribution is -0.153. The van der Waals surface area contributed by atoms with Crippen molar-refractivity contribution in [1.82, 2.24) is 14.9 Å². The number of pyridine rings is 2. The number of anilines is 1. The van der Waals surface area contributed by atoms with Crippen molar-refractivity contribution >= 4 is 28.7 Å². The summed E-state index contributed by atoms with van der Waals surface area (Å²) in [5.74, 6) is -3.84. The molecule has 1 aliphatic rings. The highest BCUT2D eigenvalue weighted by Gasteiger charge is 2.52. The standard InChI is InChI=1S/C26H25F5N4O4/c1-5-18(26(29,30)31)32-23(38)15-11-34(17-8-6-13(27)10-16(17)28)22-14(20(15)36)7-9-19(33-22)35-12(2)21(37)25(3,4)24(35)39/h6-12,18,21,37H,5H2,1-4H3,(H,32,38). The Morgan fingerprint density at radius 2 is 1.85 bits per heavy atom. The molecular formula is C26H25F5N4O4. The van der Waals surface area contributed by atoms with Crippen LogP contribution >= 0.6 is 0 Å². The lowest BCUT2D eigenvalue weighted by atomic mass is 9.87. The summed E-state index contributed by atoms with van der Waals surface area (Å²) in [4.78, 5) is 44.7. The number of hydrogen-bond acceptors (Lipinski definition) is 5. The minimum atomic E-state index is -4.78. The van der Waals surface area contributed by atoms with Gasteiger partial charge in [-0.2, -0.15) is 13.2 Å². The summed E-state index contributed by atoms with van der Waals surface area (Å²) < 4.78 is 69.3. The van der Waals surface area contributed by atoms with Gasteiger partial charge in [0.2, 0.25) is 11.3 Å². The van der Waals surface area contributed by atoms with Crippen LogP contribution in [0.3, 0.4) is 0 Å². The van der Waals surface area contributed by atoms with Gasteiger partial charge in [-0.1, -0.05) is 6.92 Å². The first-order chi connectivity index (χ1) is 18.1. The van der Waals surface area contributed by atoms with Gasteiger partial charge >= 0.3 is 6.18 Å². The Morgan fingerprint density at radius 3 is 2.38 bits per heavy atom. The van der Waals surface area contributed by atoms with Crippen molar-refractivity contribution in [1.29, 1.82) is 0 Å². The van der Waals surface area contributed by atoms with Gasteiger partial charge in [0, 0.05) is 12.3 Å². The molecule has 0 bridgehead atoms. The number of benzene rings is 1. The fourth-order valence-corrected chi connectivity index (χ4v) is 4.68. The molecule has 3 unspecified atom stereocenters. The van der Waals surface area contributed by atoms with Crippen molar-refractivity contribution < 1.29 is 36.6 Å². The zero-order valence-electron chi connectivity index (χ0n) is 21.3. The Balaban J connectivity index is 1.95. The normalized spacial score (nSPS) is 19.9. The maximum Gasteiger partial charge on any atom is 0.408 e. The van der Waals surface area contributed by atoms with Crippen LogP contribution in [0.4, 0.5) is 27.8 Å². The van der Waals surface area contributed by atoms with Crippen LogP contribution < -0.4 is 15.6 Å². The molecule has 3 heterocycles. The highest BCUT2D eigenvalue weighted by molar-refractivity contribution is 6.01. The Bertz CT molecular complexity index is 1540. The summed E-state index contributed by atoms with van der Waals surface area (Å²) in [6, 6.07) is 1.98. The van der Waals surface area contributed by atoms with E-state index in [1.807, 2.05) is 0 Å². The van der Waals surface area contributed by atoms with Crippen LogP contribution in [0, 0.1) is 17.0 Å². The number of amides is 2. The minimum Gasteiger partial charge on any atom is -0.390 e. The second kappa shape index (κ2) is 9.70. The largest absolute Gasteiger partial charge is 0.408 e. The van der Waals surface area contributed by atoms with Crippen molar-refractivity contribution in [2.75, 3.05) is 4.90 Å². The van der Waals surface area contributed by atoms with Gasteiger partial charge in [0.1, 0.15) is 29.1 Å². The average Bonchev–Trinajstić information content (AvgIpc) is 3.01. The van der Waals surface area contributed by atoms with Crippen molar-refractivity contribution in [2.24, 2.45) is 5.41 Å². The topological polar surface area (TPSA) is 105 Å². The van der Waals surface area contributed by atoms with E-state index in [2.05, 4.69) is 4.98 Å². The number of hydrogen-bond donors (Lipinski definition) is 2. The SMILES string of the molecule is CCC(NC(=O)c1cn(-c2ccc(F)cc2F)c2nc(N3C(=O)C(C)(C)C(O)C3C)ccc2c1=O)C(F)(F)F. The molecule has 39 heavy (non-hydrogen) atoms. The summed E-state index contributed by atoms with van der Waals surface area (Å²) in [7, 11) is 0. The molecule has 2 aromatic heterocycles. The molecule has 1 fully saturated rings. The molecular weight excluding hydrogens is 527 g/mol. The van der Waals surface area contributed by atoms with Crippen LogP contribution in [0.15, 0.2) is 41.3 Å². The first-order valence-corrected chi connectivity index (χ1v) is 12.0. The van der Waals surface area contributed by atoms with E-state index >= 15 is 0 Å². The fraction of sp³-hybridized carbons (Fsp3) is 0.385. The number of carbonyl (C=O) groups excluding carboxylic acids is 2. The van der Waals surface area contributed by atoms with E-state index in [0.29, 0.717) is 6.07 Å². The molecule has 1 saturated heterocycles. The smallest absolute Gasteiger partial charge is 0.390 e. The molecule has 2 N–H and O–H groups in total. The first-order valence-electron chi connectivity index (χ1n) is 12.0. The van der Waals surface area contributed by atoms with E-state index in [1.54, 1.807) is 26.1 Å². The first kappa shape index (κ1) is 28.1. The molecule has 0 radical (unpaired) electrons. The molecule has 4 rings (SSSR count). The molecule has 2 amide bonds. The molecule has 13 heteroatoms. The van der Waals surface area contributed by atoms with Gasteiger partial charge in [-0.3, -0.25) is 23.9 Å². The molecule has 1 aliphatic heterocycles. The Hall–Kier alpha value is -3.87. The predicted molar refractivity (Wildman–Crippen MR) is 132 cm³/mol. The molecule has 0 spiro atoms. The quantitative estimate of drug-likeness (QED) is 0.468. The number of alkyl halides is 3. The summed E-state index contributed by atoms with van der Waals surface area (Å²) in [5, 5.41) is 12.1. The summed E-state index contributed by atoms with van der Waals surface area (Å²) >= 11 is 0. The molecule has 208 valence electrons. The number of carbonyl (C=O) groups is 2. The second-order valence-electron chi connectivity index (χ2n) is 9.94. The van der Waals surface area contributed by atoms with Gasteiger partial charge in [0.05, 0.1) is 28.6 Å². The highest BCUT2D eigenvalue weighted by Crippen LogP contribution is 2.38. The minimum absolute atomic E-state index is 0.000569. The van der Waals surface area contributed by atoms with Crippen molar-refractivity contribution in [3.05, 3.63) is 63.9 Å². The van der Waals surface area contributed by atoms with Crippen LogP contribution in [0.2, 0.25) is 0 Å². The van der Waals surface area contributed by atoms with Crippen molar-refractivity contribution in [3.8, 4) is 5.69 Å². The lowest BCUT2D eigenvalue weighted by Gasteiger charge is -2.23. The van der Waals surface area contributed by atoms with Gasteiger partial charge in [0.25, 0.3) is 5.91 Å². The summed E-state index contributed by atoms with van der Waals surface area (Å²) in [6.45, 7) is 5.90. The van der Waals surface area contributed by atoms with Crippen LogP contribution in [-0.4, -0.2) is 50.8 Å². The van der Waals surface area contributed by atoms with E-state index in [4.69, 9.17) is 0 Å². The van der Waals surface area contributed by atoms with Gasteiger partial charge in [-0.15, -0.1) is 0 Å². The van der Waals surface area contributed by atoms with Gasteiger partial charge < -0.3 is 10.4 Å². The van der Waals surface area contributed by atoms with E-state index in [-0.39, 0.29) is 22.5 Å². The molecule has 0 aliphatic carbocycles. The molecule has 0 saturated carbocycles. The van der Waals surface area contributed by atoms with Gasteiger partial charge in [-0.25, -0.2) is 13.8 Å². The monoisotopic (exact) mass is 552 g/mol. The zero-order chi connectivity index (χ0) is 29.0. The van der Waals surface area contributed by atoms with E-state index < -0.39 is 70.6 Å². The summed E-state index contributed by atoms with van der Waals surface area (Å²) in [6.07, 6.45) is -5.52. The predicted octanol–water partition coefficient (Wildman–Crippen LogP) is 3.86. The second-order valence-corrected chi connectivity index (χ2v) is 9.94. The van der Waals surface area contributed by atoms with Crippen LogP contribution in [0.1, 0.15) is 44.5 Å². The maximum atomic E-state index is 14.9. The number of rotatable bonds is 5. The Morgan fingerprint density at radius 1 is 1.18 bits per heavy atom. The van der Waals surface area contributed by atoms with Crippen LogP contribution in [0.25, 0.3) is 16.7 Å². The number of aliphatic hydroxyl groups is 1. The van der Waals surface area contributed by atoms with E-state index in [0.717, 1.165) is 22.9 Å². The Labute approximate surface area is 219 Å². The number of nitrogens with zero attached hydrogens (tertiary/aromatic N) is 3. The fourth-order valence-electron chi connectivity index (χ4n) is 4.68. The highest BCUT2D eigenvalue weighted by atomic mass is 19.4. The number of aromatic nitrogens is 2. The average molecular weight is 553 g/mol. The molecule has 8 nitrogen and oxygen atoms in total. The van der Waals surface area contributed by atoms with E-state index in [9.17, 15) is 41.4 Å². The van der Waals surface area contributed by atoms with Crippen LogP contribution in [0.5, 0.6) is 0 Å². The third kappa shape index (κ3) is 4.75. The number of nitrogens with one attached hydrogen (secondary N) is 1. The van der Waals surface area contributed by atoms with Crippen molar-refractivity contribution in [2.45, 2.75) is 58.5 Å². The molecule has 1 aromatic carbocycles. The molecule has 3 atom stereocenters. The van der Waals surface area contributed by atoms with Crippen molar-refractivity contribution in [3.63, 3.8) is 0 Å². The zero-order valence-corrected chi connectivity index (χ0v) is 21.3. The summed E-state index contributed by atoms with van der Waals surface area (Å²) in [5.41, 5.74) is -3.48. The van der Waals surface area contributed by atoms with E-state index in [1.165, 1.54) is 24.0 Å². The van der Waals surface area contributed by atoms with Crippen LogP contribution in [-0.2, 0) is 4.79 Å². The van der Waals surface area contributed by atoms with Gasteiger partial charge in [0.15, 0.2) is 5.65 Å². The lowest BCUT2D eigenvalue weighted by Crippen LogP contribution is -2.46. The number of fused-ring (bicyclic) bond motifs is 1. The van der Waals surface area contributed by atoms with Gasteiger partial charge in [-0.05, 0) is 51.5 Å². The maximum absolute atomic E-state index is 14.9.